The molecule has 0 heterocycles. The molecule has 0 aliphatic heterocycles. The summed E-state index contributed by atoms with van der Waals surface area (Å²) >= 11 is 11.9. The average molecular weight is 354 g/mol. The number of benzene rings is 2. The number of hydrogen-bond donors (Lipinski definition) is 1. The summed E-state index contributed by atoms with van der Waals surface area (Å²) in [5.41, 5.74) is 7.26. The quantitative estimate of drug-likeness (QED) is 0.763. The van der Waals surface area contributed by atoms with Gasteiger partial charge in [-0.25, -0.2) is 0 Å². The lowest BCUT2D eigenvalue weighted by atomic mass is 10.1. The van der Waals surface area contributed by atoms with Crippen molar-refractivity contribution in [2.45, 2.75) is 13.8 Å². The van der Waals surface area contributed by atoms with E-state index in [1.165, 1.54) is 0 Å². The first-order valence-electron chi connectivity index (χ1n) is 7.17. The van der Waals surface area contributed by atoms with Crippen molar-refractivity contribution < 1.29 is 14.0 Å². The molecule has 0 saturated carbocycles. The molecule has 0 fully saturated rings. The Morgan fingerprint density at radius 2 is 1.39 bits per heavy atom. The standard InChI is InChI=1S/C16H18BCl2NO3/c1-11-9-13(18)3-5-15(11)22-17(21-8-7-20)23-16-6-4-14(19)10-12(16)2/h3-6,9-10H,7-8,20H2,1-2H3. The third-order valence-electron chi connectivity index (χ3n) is 3.09. The Bertz CT molecular complexity index is 616. The van der Waals surface area contributed by atoms with Crippen LogP contribution in [0.15, 0.2) is 36.4 Å². The minimum absolute atomic E-state index is 0.309. The molecule has 2 N–H and O–H groups in total. The zero-order valence-corrected chi connectivity index (χ0v) is 14.5. The molecule has 2 aromatic rings. The van der Waals surface area contributed by atoms with Crippen LogP contribution in [0, 0.1) is 13.8 Å². The smallest absolute Gasteiger partial charge is 0.501 e. The Morgan fingerprint density at radius 1 is 0.913 bits per heavy atom. The average Bonchev–Trinajstić information content (AvgIpc) is 2.50. The molecule has 7 heteroatoms. The second-order valence-electron chi connectivity index (χ2n) is 5.00. The predicted molar refractivity (Wildman–Crippen MR) is 94.4 cm³/mol. The minimum Gasteiger partial charge on any atom is -0.501 e. The minimum atomic E-state index is -0.918. The molecular formula is C16H18BCl2NO3. The summed E-state index contributed by atoms with van der Waals surface area (Å²) in [5.74, 6) is 1.26. The molecule has 2 aromatic carbocycles. The van der Waals surface area contributed by atoms with Crippen LogP contribution in [-0.4, -0.2) is 20.5 Å². The van der Waals surface area contributed by atoms with E-state index in [4.69, 9.17) is 42.9 Å². The van der Waals surface area contributed by atoms with Gasteiger partial charge in [-0.3, -0.25) is 0 Å². The fourth-order valence-corrected chi connectivity index (χ4v) is 2.41. The van der Waals surface area contributed by atoms with Crippen LogP contribution in [0.1, 0.15) is 11.1 Å². The van der Waals surface area contributed by atoms with Crippen molar-refractivity contribution in [2.24, 2.45) is 5.73 Å². The Labute approximate surface area is 146 Å². The summed E-state index contributed by atoms with van der Waals surface area (Å²) in [4.78, 5) is 0. The first kappa shape index (κ1) is 18.0. The third kappa shape index (κ3) is 5.32. The number of rotatable bonds is 7. The first-order chi connectivity index (χ1) is 11.0. The van der Waals surface area contributed by atoms with Gasteiger partial charge in [0.15, 0.2) is 0 Å². The first-order valence-corrected chi connectivity index (χ1v) is 7.92. The summed E-state index contributed by atoms with van der Waals surface area (Å²) in [6, 6.07) is 10.7. The largest absolute Gasteiger partial charge is 0.788 e. The van der Waals surface area contributed by atoms with E-state index in [9.17, 15) is 0 Å². The fourth-order valence-electron chi connectivity index (χ4n) is 1.95. The van der Waals surface area contributed by atoms with Gasteiger partial charge in [-0.15, -0.1) is 0 Å². The molecule has 23 heavy (non-hydrogen) atoms. The lowest BCUT2D eigenvalue weighted by Crippen LogP contribution is -2.35. The van der Waals surface area contributed by atoms with E-state index in [0.717, 1.165) is 11.1 Å². The van der Waals surface area contributed by atoms with E-state index in [-0.39, 0.29) is 0 Å². The molecule has 0 saturated heterocycles. The maximum Gasteiger partial charge on any atom is 0.788 e. The summed E-state index contributed by atoms with van der Waals surface area (Å²) in [6.45, 7) is 4.47. The SMILES string of the molecule is Cc1cc(Cl)ccc1OB(OCCN)Oc1ccc(Cl)cc1C. The van der Waals surface area contributed by atoms with Gasteiger partial charge in [0.25, 0.3) is 0 Å². The Morgan fingerprint density at radius 3 is 1.78 bits per heavy atom. The van der Waals surface area contributed by atoms with E-state index in [1.807, 2.05) is 26.0 Å². The molecule has 0 atom stereocenters. The molecule has 0 aromatic heterocycles. The van der Waals surface area contributed by atoms with Crippen molar-refractivity contribution in [3.63, 3.8) is 0 Å². The van der Waals surface area contributed by atoms with Gasteiger partial charge in [0, 0.05) is 23.2 Å². The Balaban J connectivity index is 2.15. The van der Waals surface area contributed by atoms with E-state index in [2.05, 4.69) is 0 Å². The molecular weight excluding hydrogens is 336 g/mol. The molecule has 0 aliphatic rings. The number of halogens is 2. The monoisotopic (exact) mass is 353 g/mol. The molecule has 0 spiro atoms. The lowest BCUT2D eigenvalue weighted by molar-refractivity contribution is 0.206. The fraction of sp³-hybridized carbons (Fsp3) is 0.250. The van der Waals surface area contributed by atoms with Crippen LogP contribution < -0.4 is 15.0 Å². The second-order valence-corrected chi connectivity index (χ2v) is 5.88. The highest BCUT2D eigenvalue weighted by Crippen LogP contribution is 2.25. The van der Waals surface area contributed by atoms with Gasteiger partial charge in [-0.1, -0.05) is 23.2 Å². The van der Waals surface area contributed by atoms with Crippen molar-refractivity contribution in [1.29, 1.82) is 0 Å². The van der Waals surface area contributed by atoms with Gasteiger partial charge < -0.3 is 19.7 Å². The number of aryl methyl sites for hydroxylation is 2. The molecule has 0 radical (unpaired) electrons. The van der Waals surface area contributed by atoms with Crippen LogP contribution in [0.25, 0.3) is 0 Å². The molecule has 122 valence electrons. The number of nitrogens with two attached hydrogens (primary N) is 1. The van der Waals surface area contributed by atoms with Crippen LogP contribution in [0.5, 0.6) is 11.5 Å². The van der Waals surface area contributed by atoms with E-state index < -0.39 is 7.32 Å². The van der Waals surface area contributed by atoms with Crippen molar-refractivity contribution in [3.05, 3.63) is 57.6 Å². The molecule has 0 amide bonds. The Hall–Kier alpha value is -1.40. The van der Waals surface area contributed by atoms with Gasteiger partial charge in [0.2, 0.25) is 0 Å². The third-order valence-corrected chi connectivity index (χ3v) is 3.56. The van der Waals surface area contributed by atoms with E-state index in [0.29, 0.717) is 34.7 Å². The van der Waals surface area contributed by atoms with Crippen LogP contribution in [0.2, 0.25) is 10.0 Å². The maximum absolute atomic E-state index is 5.96. The van der Waals surface area contributed by atoms with Gasteiger partial charge in [-0.05, 0) is 61.4 Å². The summed E-state index contributed by atoms with van der Waals surface area (Å²) in [5, 5.41) is 1.28. The van der Waals surface area contributed by atoms with Crippen LogP contribution in [0.4, 0.5) is 0 Å². The predicted octanol–water partition coefficient (Wildman–Crippen LogP) is 4.03. The molecule has 0 unspecified atom stereocenters. The van der Waals surface area contributed by atoms with Crippen LogP contribution in [0.3, 0.4) is 0 Å². The highest BCUT2D eigenvalue weighted by atomic mass is 35.5. The zero-order chi connectivity index (χ0) is 16.8. The second kappa shape index (κ2) is 8.46. The van der Waals surface area contributed by atoms with Gasteiger partial charge in [-0.2, -0.15) is 0 Å². The zero-order valence-electron chi connectivity index (χ0n) is 13.0. The van der Waals surface area contributed by atoms with Crippen molar-refractivity contribution >= 4 is 30.5 Å². The van der Waals surface area contributed by atoms with E-state index >= 15 is 0 Å². The molecule has 0 aliphatic carbocycles. The number of hydrogen-bond acceptors (Lipinski definition) is 4. The molecule has 0 bridgehead atoms. The van der Waals surface area contributed by atoms with Crippen LogP contribution in [-0.2, 0) is 4.65 Å². The lowest BCUT2D eigenvalue weighted by Gasteiger charge is -2.18. The van der Waals surface area contributed by atoms with Crippen LogP contribution >= 0.6 is 23.2 Å². The van der Waals surface area contributed by atoms with E-state index in [1.54, 1.807) is 24.3 Å². The maximum atomic E-state index is 5.96. The topological polar surface area (TPSA) is 53.7 Å². The van der Waals surface area contributed by atoms with Gasteiger partial charge >= 0.3 is 7.32 Å². The highest BCUT2D eigenvalue weighted by Gasteiger charge is 2.28. The Kier molecular flexibility index (Phi) is 6.60. The molecule has 4 nitrogen and oxygen atoms in total. The van der Waals surface area contributed by atoms with Gasteiger partial charge in [0.1, 0.15) is 11.5 Å². The van der Waals surface area contributed by atoms with Crippen molar-refractivity contribution in [1.82, 2.24) is 0 Å². The van der Waals surface area contributed by atoms with Crippen molar-refractivity contribution in [3.8, 4) is 11.5 Å². The highest BCUT2D eigenvalue weighted by molar-refractivity contribution is 6.38. The summed E-state index contributed by atoms with van der Waals surface area (Å²) in [7, 11) is -0.918. The molecule has 2 rings (SSSR count). The van der Waals surface area contributed by atoms with Gasteiger partial charge in [0.05, 0.1) is 0 Å². The summed E-state index contributed by atoms with van der Waals surface area (Å²) in [6.07, 6.45) is 0. The summed E-state index contributed by atoms with van der Waals surface area (Å²) < 4.78 is 17.1. The normalized spacial score (nSPS) is 10.5. The van der Waals surface area contributed by atoms with Crippen molar-refractivity contribution in [2.75, 3.05) is 13.2 Å².